The van der Waals surface area contributed by atoms with Gasteiger partial charge in [0.2, 0.25) is 0 Å². The van der Waals surface area contributed by atoms with E-state index >= 15 is 0 Å². The summed E-state index contributed by atoms with van der Waals surface area (Å²) in [4.78, 5) is 11.7. The predicted molar refractivity (Wildman–Crippen MR) is 64.1 cm³/mol. The lowest BCUT2D eigenvalue weighted by Crippen LogP contribution is -1.79. The van der Waals surface area contributed by atoms with Crippen LogP contribution in [0.3, 0.4) is 0 Å². The van der Waals surface area contributed by atoms with Crippen molar-refractivity contribution < 1.29 is 0 Å². The van der Waals surface area contributed by atoms with E-state index in [4.69, 9.17) is 0 Å². The van der Waals surface area contributed by atoms with E-state index in [1.165, 1.54) is 5.56 Å². The van der Waals surface area contributed by atoms with Crippen molar-refractivity contribution in [1.82, 2.24) is 15.0 Å². The molecule has 0 aliphatic carbocycles. The summed E-state index contributed by atoms with van der Waals surface area (Å²) in [5.41, 5.74) is 4.23. The lowest BCUT2D eigenvalue weighted by molar-refractivity contribution is 1.27. The SMILES string of the molecule is Cc1cnc2[nH]c(-c3cccnc3)cc2c1. The summed E-state index contributed by atoms with van der Waals surface area (Å²) in [5.74, 6) is 0. The highest BCUT2D eigenvalue weighted by molar-refractivity contribution is 5.83. The Morgan fingerprint density at radius 2 is 2.12 bits per heavy atom. The molecular formula is C13H11N3. The van der Waals surface area contributed by atoms with Crippen LogP contribution in [0.5, 0.6) is 0 Å². The molecule has 0 amide bonds. The van der Waals surface area contributed by atoms with Gasteiger partial charge in [-0.15, -0.1) is 0 Å². The quantitative estimate of drug-likeness (QED) is 0.669. The van der Waals surface area contributed by atoms with Crippen LogP contribution in [0, 0.1) is 6.92 Å². The summed E-state index contributed by atoms with van der Waals surface area (Å²) < 4.78 is 0. The number of aryl methyl sites for hydroxylation is 1. The zero-order valence-electron chi connectivity index (χ0n) is 8.94. The molecule has 0 atom stereocenters. The highest BCUT2D eigenvalue weighted by Crippen LogP contribution is 2.22. The topological polar surface area (TPSA) is 41.6 Å². The molecule has 0 spiro atoms. The Bertz CT molecular complexity index is 626. The first kappa shape index (κ1) is 9.09. The van der Waals surface area contributed by atoms with E-state index in [0.717, 1.165) is 22.3 Å². The van der Waals surface area contributed by atoms with Gasteiger partial charge in [0.25, 0.3) is 0 Å². The number of aromatic nitrogens is 3. The van der Waals surface area contributed by atoms with E-state index in [9.17, 15) is 0 Å². The molecule has 0 saturated heterocycles. The van der Waals surface area contributed by atoms with E-state index < -0.39 is 0 Å². The molecule has 0 fully saturated rings. The van der Waals surface area contributed by atoms with Gasteiger partial charge in [0.1, 0.15) is 5.65 Å². The molecule has 0 bridgehead atoms. The number of hydrogen-bond donors (Lipinski definition) is 1. The fourth-order valence-electron chi connectivity index (χ4n) is 1.80. The molecule has 0 saturated carbocycles. The second-order valence-corrected chi connectivity index (χ2v) is 3.88. The van der Waals surface area contributed by atoms with Crippen molar-refractivity contribution in [3.8, 4) is 11.3 Å². The van der Waals surface area contributed by atoms with E-state index in [0.29, 0.717) is 0 Å². The second-order valence-electron chi connectivity index (χ2n) is 3.88. The first-order valence-electron chi connectivity index (χ1n) is 5.19. The van der Waals surface area contributed by atoms with Crippen LogP contribution in [0.2, 0.25) is 0 Å². The summed E-state index contributed by atoms with van der Waals surface area (Å²) in [6, 6.07) is 8.19. The Balaban J connectivity index is 2.19. The van der Waals surface area contributed by atoms with Crippen molar-refractivity contribution in [2.75, 3.05) is 0 Å². The van der Waals surface area contributed by atoms with E-state index in [1.54, 1.807) is 6.20 Å². The Kier molecular flexibility index (Phi) is 1.96. The van der Waals surface area contributed by atoms with Crippen molar-refractivity contribution in [2.24, 2.45) is 0 Å². The number of rotatable bonds is 1. The molecular weight excluding hydrogens is 198 g/mol. The highest BCUT2D eigenvalue weighted by atomic mass is 14.9. The summed E-state index contributed by atoms with van der Waals surface area (Å²) in [5, 5.41) is 1.14. The van der Waals surface area contributed by atoms with Gasteiger partial charge in [0.05, 0.1) is 0 Å². The van der Waals surface area contributed by atoms with Gasteiger partial charge >= 0.3 is 0 Å². The number of fused-ring (bicyclic) bond motifs is 1. The van der Waals surface area contributed by atoms with Crippen LogP contribution in [0.25, 0.3) is 22.3 Å². The van der Waals surface area contributed by atoms with Gasteiger partial charge in [-0.2, -0.15) is 0 Å². The van der Waals surface area contributed by atoms with Crippen molar-refractivity contribution in [3.63, 3.8) is 0 Å². The van der Waals surface area contributed by atoms with Gasteiger partial charge in [-0.3, -0.25) is 4.98 Å². The molecule has 16 heavy (non-hydrogen) atoms. The van der Waals surface area contributed by atoms with E-state index in [1.807, 2.05) is 31.5 Å². The van der Waals surface area contributed by atoms with Gasteiger partial charge in [-0.1, -0.05) is 0 Å². The molecule has 78 valence electrons. The molecule has 3 aromatic rings. The summed E-state index contributed by atoms with van der Waals surface area (Å²) in [6.45, 7) is 2.04. The molecule has 0 aliphatic heterocycles. The molecule has 0 aliphatic rings. The first-order chi connectivity index (χ1) is 7.83. The largest absolute Gasteiger partial charge is 0.339 e. The van der Waals surface area contributed by atoms with E-state index in [2.05, 4.69) is 27.1 Å². The third kappa shape index (κ3) is 1.46. The zero-order valence-corrected chi connectivity index (χ0v) is 8.94. The number of aromatic amines is 1. The fourth-order valence-corrected chi connectivity index (χ4v) is 1.80. The van der Waals surface area contributed by atoms with Crippen LogP contribution in [0.1, 0.15) is 5.56 Å². The van der Waals surface area contributed by atoms with Crippen LogP contribution in [-0.4, -0.2) is 15.0 Å². The number of H-pyrrole nitrogens is 1. The number of nitrogens with one attached hydrogen (secondary N) is 1. The molecule has 3 heteroatoms. The van der Waals surface area contributed by atoms with E-state index in [-0.39, 0.29) is 0 Å². The second kappa shape index (κ2) is 3.45. The third-order valence-corrected chi connectivity index (χ3v) is 2.58. The van der Waals surface area contributed by atoms with Crippen molar-refractivity contribution >= 4 is 11.0 Å². The van der Waals surface area contributed by atoms with Gasteiger partial charge < -0.3 is 4.98 Å². The van der Waals surface area contributed by atoms with Crippen LogP contribution < -0.4 is 0 Å². The molecule has 0 radical (unpaired) electrons. The predicted octanol–water partition coefficient (Wildman–Crippen LogP) is 2.93. The third-order valence-electron chi connectivity index (χ3n) is 2.58. The van der Waals surface area contributed by atoms with Crippen LogP contribution in [-0.2, 0) is 0 Å². The minimum atomic E-state index is 0.921. The Morgan fingerprint density at radius 3 is 2.94 bits per heavy atom. The van der Waals surface area contributed by atoms with Crippen LogP contribution >= 0.6 is 0 Å². The lowest BCUT2D eigenvalue weighted by atomic mass is 10.2. The molecule has 3 heterocycles. The Morgan fingerprint density at radius 1 is 1.19 bits per heavy atom. The maximum Gasteiger partial charge on any atom is 0.137 e. The number of nitrogens with zero attached hydrogens (tertiary/aromatic N) is 2. The monoisotopic (exact) mass is 209 g/mol. The average molecular weight is 209 g/mol. The molecule has 3 nitrogen and oxygen atoms in total. The molecule has 3 rings (SSSR count). The summed E-state index contributed by atoms with van der Waals surface area (Å²) in [6.07, 6.45) is 5.48. The zero-order chi connectivity index (χ0) is 11.0. The first-order valence-corrected chi connectivity index (χ1v) is 5.19. The standard InChI is InChI=1S/C13H11N3/c1-9-5-11-6-12(16-13(11)15-7-9)10-3-2-4-14-8-10/h2-8H,1H3,(H,15,16). The number of pyridine rings is 2. The summed E-state index contributed by atoms with van der Waals surface area (Å²) >= 11 is 0. The van der Waals surface area contributed by atoms with Gasteiger partial charge in [-0.25, -0.2) is 4.98 Å². The minimum absolute atomic E-state index is 0.921. The smallest absolute Gasteiger partial charge is 0.137 e. The normalized spacial score (nSPS) is 10.8. The fraction of sp³-hybridized carbons (Fsp3) is 0.0769. The molecule has 0 unspecified atom stereocenters. The molecule has 3 aromatic heterocycles. The van der Waals surface area contributed by atoms with Crippen molar-refractivity contribution in [3.05, 3.63) is 48.4 Å². The maximum absolute atomic E-state index is 4.35. The van der Waals surface area contributed by atoms with Gasteiger partial charge in [0.15, 0.2) is 0 Å². The average Bonchev–Trinajstić information content (AvgIpc) is 2.73. The van der Waals surface area contributed by atoms with Crippen molar-refractivity contribution in [1.29, 1.82) is 0 Å². The van der Waals surface area contributed by atoms with Gasteiger partial charge in [0, 0.05) is 35.2 Å². The minimum Gasteiger partial charge on any atom is -0.339 e. The van der Waals surface area contributed by atoms with Crippen molar-refractivity contribution in [2.45, 2.75) is 6.92 Å². The molecule has 0 aromatic carbocycles. The summed E-state index contributed by atoms with van der Waals surface area (Å²) in [7, 11) is 0. The highest BCUT2D eigenvalue weighted by Gasteiger charge is 2.03. The van der Waals surface area contributed by atoms with Crippen LogP contribution in [0.4, 0.5) is 0 Å². The maximum atomic E-state index is 4.35. The van der Waals surface area contributed by atoms with Gasteiger partial charge in [-0.05, 0) is 36.8 Å². The Hall–Kier alpha value is -2.16. The van der Waals surface area contributed by atoms with Crippen LogP contribution in [0.15, 0.2) is 42.9 Å². The Labute approximate surface area is 93.2 Å². The molecule has 1 N–H and O–H groups in total. The lowest BCUT2D eigenvalue weighted by Gasteiger charge is -1.94. The number of hydrogen-bond acceptors (Lipinski definition) is 2.